The van der Waals surface area contributed by atoms with E-state index in [1.165, 1.54) is 9.56 Å². The second-order valence-corrected chi connectivity index (χ2v) is 8.28. The van der Waals surface area contributed by atoms with Crippen LogP contribution in [0, 0.1) is 6.92 Å². The third-order valence-electron chi connectivity index (χ3n) is 5.18. The van der Waals surface area contributed by atoms with E-state index in [-0.39, 0.29) is 18.0 Å². The zero-order chi connectivity index (χ0) is 20.5. The topological polar surface area (TPSA) is 68.4 Å². The highest BCUT2D eigenvalue weighted by atomic mass is 32.1. The van der Waals surface area contributed by atoms with Gasteiger partial charge in [0.05, 0.1) is 10.2 Å². The number of hydrogen-bond acceptors (Lipinski definition) is 4. The standard InChI is InChI=1S/C22H24N4O2S/c1-4-16-10-17-19(29-16)11-18-22(28)25(24-20(5-2)26(17)18)13-21(27)23-12-15-9-7-6-8-14(15)3/h6-11H,4-5,12-13H2,1-3H3,(H,23,27). The minimum atomic E-state index is -0.241. The van der Waals surface area contributed by atoms with Crippen LogP contribution in [0.25, 0.3) is 15.7 Å². The van der Waals surface area contributed by atoms with Gasteiger partial charge in [0.2, 0.25) is 5.91 Å². The molecule has 150 valence electrons. The third kappa shape index (κ3) is 3.58. The summed E-state index contributed by atoms with van der Waals surface area (Å²) in [6, 6.07) is 12.0. The van der Waals surface area contributed by atoms with Crippen molar-refractivity contribution >= 4 is 33.0 Å². The number of carbonyl (C=O) groups excluding carboxylic acids is 1. The van der Waals surface area contributed by atoms with E-state index in [0.29, 0.717) is 18.5 Å². The summed E-state index contributed by atoms with van der Waals surface area (Å²) in [4.78, 5) is 26.7. The van der Waals surface area contributed by atoms with E-state index in [9.17, 15) is 9.59 Å². The lowest BCUT2D eigenvalue weighted by molar-refractivity contribution is -0.122. The number of hydrogen-bond donors (Lipinski definition) is 1. The number of fused-ring (bicyclic) bond motifs is 3. The Balaban J connectivity index is 1.63. The van der Waals surface area contributed by atoms with Crippen molar-refractivity contribution < 1.29 is 4.79 Å². The van der Waals surface area contributed by atoms with Gasteiger partial charge in [0, 0.05) is 17.8 Å². The predicted molar refractivity (Wildman–Crippen MR) is 117 cm³/mol. The molecule has 0 fully saturated rings. The molecule has 0 atom stereocenters. The number of nitrogens with zero attached hydrogens (tertiary/aromatic N) is 3. The molecule has 0 saturated heterocycles. The van der Waals surface area contributed by atoms with Crippen molar-refractivity contribution in [3.05, 3.63) is 68.6 Å². The molecule has 29 heavy (non-hydrogen) atoms. The lowest BCUT2D eigenvalue weighted by Crippen LogP contribution is -2.35. The van der Waals surface area contributed by atoms with Gasteiger partial charge in [-0.3, -0.25) is 14.0 Å². The first-order chi connectivity index (χ1) is 14.0. The van der Waals surface area contributed by atoms with E-state index in [2.05, 4.69) is 23.4 Å². The van der Waals surface area contributed by atoms with Crippen molar-refractivity contribution in [3.8, 4) is 0 Å². The Bertz CT molecular complexity index is 1270. The molecule has 6 nitrogen and oxygen atoms in total. The highest BCUT2D eigenvalue weighted by Gasteiger charge is 2.17. The van der Waals surface area contributed by atoms with Gasteiger partial charge in [-0.25, -0.2) is 4.68 Å². The van der Waals surface area contributed by atoms with E-state index < -0.39 is 0 Å². The van der Waals surface area contributed by atoms with E-state index in [1.807, 2.05) is 48.6 Å². The summed E-state index contributed by atoms with van der Waals surface area (Å²) < 4.78 is 4.30. The Hall–Kier alpha value is -2.93. The van der Waals surface area contributed by atoms with Gasteiger partial charge in [-0.1, -0.05) is 38.1 Å². The molecule has 0 aliphatic heterocycles. The number of carbonyl (C=O) groups is 1. The summed E-state index contributed by atoms with van der Waals surface area (Å²) in [5.41, 5.74) is 3.54. The van der Waals surface area contributed by atoms with E-state index >= 15 is 0 Å². The fourth-order valence-electron chi connectivity index (χ4n) is 3.54. The molecular formula is C22H24N4O2S. The molecule has 1 N–H and O–H groups in total. The quantitative estimate of drug-likeness (QED) is 0.531. The molecule has 0 spiro atoms. The number of thiophene rings is 1. The minimum absolute atomic E-state index is 0.0900. The minimum Gasteiger partial charge on any atom is -0.350 e. The predicted octanol–water partition coefficient (Wildman–Crippen LogP) is 3.46. The maximum atomic E-state index is 13.0. The molecule has 4 rings (SSSR count). The van der Waals surface area contributed by atoms with Crippen LogP contribution in [0.5, 0.6) is 0 Å². The largest absolute Gasteiger partial charge is 0.350 e. The average molecular weight is 409 g/mol. The van der Waals surface area contributed by atoms with Crippen molar-refractivity contribution in [1.82, 2.24) is 19.5 Å². The van der Waals surface area contributed by atoms with Crippen molar-refractivity contribution in [2.75, 3.05) is 0 Å². The molecule has 0 aliphatic rings. The molecule has 0 radical (unpaired) electrons. The Morgan fingerprint density at radius 1 is 1.14 bits per heavy atom. The van der Waals surface area contributed by atoms with E-state index in [1.54, 1.807) is 11.3 Å². The Morgan fingerprint density at radius 2 is 1.93 bits per heavy atom. The summed E-state index contributed by atoms with van der Waals surface area (Å²) in [6.45, 7) is 6.49. The van der Waals surface area contributed by atoms with Gasteiger partial charge in [0.15, 0.2) is 0 Å². The maximum Gasteiger partial charge on any atom is 0.291 e. The SMILES string of the molecule is CCc1cc2c(cc3c(=O)n(CC(=O)NCc4ccccc4C)nc(CC)n32)s1. The summed E-state index contributed by atoms with van der Waals surface area (Å²) in [7, 11) is 0. The van der Waals surface area contributed by atoms with Gasteiger partial charge in [-0.15, -0.1) is 11.3 Å². The normalized spacial score (nSPS) is 11.4. The number of aromatic nitrogens is 3. The van der Waals surface area contributed by atoms with Crippen molar-refractivity contribution in [1.29, 1.82) is 0 Å². The number of benzene rings is 1. The van der Waals surface area contributed by atoms with E-state index in [0.717, 1.165) is 33.6 Å². The van der Waals surface area contributed by atoms with Crippen LogP contribution in [0.15, 0.2) is 41.2 Å². The maximum absolute atomic E-state index is 13.0. The Labute approximate surface area is 172 Å². The fraction of sp³-hybridized carbons (Fsp3) is 0.318. The van der Waals surface area contributed by atoms with Crippen LogP contribution in [0.4, 0.5) is 0 Å². The highest BCUT2D eigenvalue weighted by Crippen LogP contribution is 2.29. The Morgan fingerprint density at radius 3 is 2.66 bits per heavy atom. The fourth-order valence-corrected chi connectivity index (χ4v) is 4.57. The molecule has 3 aromatic heterocycles. The van der Waals surface area contributed by atoms with Gasteiger partial charge in [-0.05, 0) is 36.6 Å². The number of nitrogens with one attached hydrogen (secondary N) is 1. The monoisotopic (exact) mass is 408 g/mol. The first-order valence-electron chi connectivity index (χ1n) is 9.86. The highest BCUT2D eigenvalue weighted by molar-refractivity contribution is 7.19. The van der Waals surface area contributed by atoms with Crippen LogP contribution >= 0.6 is 11.3 Å². The first kappa shape index (κ1) is 19.4. The molecule has 0 bridgehead atoms. The van der Waals surface area contributed by atoms with Crippen LogP contribution < -0.4 is 10.9 Å². The second kappa shape index (κ2) is 7.83. The molecule has 3 heterocycles. The molecule has 1 aromatic carbocycles. The van der Waals surface area contributed by atoms with E-state index in [4.69, 9.17) is 0 Å². The molecule has 0 aliphatic carbocycles. The smallest absolute Gasteiger partial charge is 0.291 e. The molecule has 0 unspecified atom stereocenters. The van der Waals surface area contributed by atoms with Crippen LogP contribution in [0.1, 0.15) is 35.7 Å². The Kier molecular flexibility index (Phi) is 5.24. The van der Waals surface area contributed by atoms with Crippen molar-refractivity contribution in [2.24, 2.45) is 0 Å². The van der Waals surface area contributed by atoms with Crippen LogP contribution in [-0.4, -0.2) is 20.1 Å². The van der Waals surface area contributed by atoms with Gasteiger partial charge in [-0.2, -0.15) is 5.10 Å². The number of amides is 1. The van der Waals surface area contributed by atoms with Crippen molar-refractivity contribution in [3.63, 3.8) is 0 Å². The zero-order valence-corrected chi connectivity index (χ0v) is 17.7. The van der Waals surface area contributed by atoms with Crippen LogP contribution in [-0.2, 0) is 30.7 Å². The lowest BCUT2D eigenvalue weighted by Gasteiger charge is -2.11. The van der Waals surface area contributed by atoms with Crippen molar-refractivity contribution in [2.45, 2.75) is 46.7 Å². The summed E-state index contributed by atoms with van der Waals surface area (Å²) in [5, 5.41) is 7.39. The van der Waals surface area contributed by atoms with Crippen LogP contribution in [0.2, 0.25) is 0 Å². The average Bonchev–Trinajstić information content (AvgIpc) is 3.27. The third-order valence-corrected chi connectivity index (χ3v) is 6.40. The number of rotatable bonds is 6. The molecule has 7 heteroatoms. The molecule has 1 amide bonds. The zero-order valence-electron chi connectivity index (χ0n) is 16.9. The van der Waals surface area contributed by atoms with Crippen LogP contribution in [0.3, 0.4) is 0 Å². The number of aryl methyl sites for hydroxylation is 3. The molecule has 4 aromatic rings. The molecule has 0 saturated carbocycles. The summed E-state index contributed by atoms with van der Waals surface area (Å²) in [5.74, 6) is 0.553. The second-order valence-electron chi connectivity index (χ2n) is 7.12. The van der Waals surface area contributed by atoms with Gasteiger partial charge in [0.25, 0.3) is 5.56 Å². The first-order valence-corrected chi connectivity index (χ1v) is 10.7. The summed E-state index contributed by atoms with van der Waals surface area (Å²) in [6.07, 6.45) is 1.64. The van der Waals surface area contributed by atoms with Gasteiger partial charge >= 0.3 is 0 Å². The lowest BCUT2D eigenvalue weighted by atomic mass is 10.1. The van der Waals surface area contributed by atoms with Gasteiger partial charge < -0.3 is 5.32 Å². The van der Waals surface area contributed by atoms with Gasteiger partial charge in [0.1, 0.15) is 17.9 Å². The molecular weight excluding hydrogens is 384 g/mol. The summed E-state index contributed by atoms with van der Waals surface area (Å²) >= 11 is 1.70.